The third-order valence-electron chi connectivity index (χ3n) is 8.82. The molecule has 2 aromatic rings. The van der Waals surface area contributed by atoms with Crippen molar-refractivity contribution < 1.29 is 33.3 Å². The number of methoxy groups -OCH3 is 2. The van der Waals surface area contributed by atoms with Crippen LogP contribution in [0.1, 0.15) is 86.0 Å². The Morgan fingerprint density at radius 3 is 2.05 bits per heavy atom. The lowest BCUT2D eigenvalue weighted by Gasteiger charge is -2.45. The molecule has 1 aliphatic rings. The molecule has 0 aliphatic carbocycles. The number of hydrogen-bond acceptors (Lipinski definition) is 6. The van der Waals surface area contributed by atoms with Crippen LogP contribution in [0, 0.1) is 5.92 Å². The quantitative estimate of drug-likeness (QED) is 0.148. The van der Waals surface area contributed by atoms with E-state index < -0.39 is 14.3 Å². The van der Waals surface area contributed by atoms with Gasteiger partial charge >= 0.3 is 5.97 Å². The maximum absolute atomic E-state index is 11.4. The average Bonchev–Trinajstić information content (AvgIpc) is 2.98. The Kier molecular flexibility index (Phi) is 14.5. The number of aliphatic carboxylic acids is 1. The van der Waals surface area contributed by atoms with Crippen LogP contribution in [0.4, 0.5) is 0 Å². The van der Waals surface area contributed by atoms with Crippen LogP contribution in [0.5, 0.6) is 0 Å². The number of carboxylic acids is 1. The first-order chi connectivity index (χ1) is 21.0. The highest BCUT2D eigenvalue weighted by Crippen LogP contribution is 2.39. The summed E-state index contributed by atoms with van der Waals surface area (Å²) >= 11 is 0. The van der Waals surface area contributed by atoms with Gasteiger partial charge in [-0.05, 0) is 53.4 Å². The minimum atomic E-state index is -2.69. The second kappa shape index (κ2) is 17.6. The second-order valence-corrected chi connectivity index (χ2v) is 17.8. The van der Waals surface area contributed by atoms with Crippen molar-refractivity contribution in [1.82, 2.24) is 0 Å². The molecule has 1 fully saturated rings. The van der Waals surface area contributed by atoms with E-state index in [9.17, 15) is 9.90 Å². The predicted molar refractivity (Wildman–Crippen MR) is 178 cm³/mol. The Labute approximate surface area is 266 Å². The summed E-state index contributed by atoms with van der Waals surface area (Å²) in [6, 6.07) is 21.6. The fraction of sp³-hybridized carbons (Fsp3) is 0.639. The minimum absolute atomic E-state index is 0.0172. The van der Waals surface area contributed by atoms with Gasteiger partial charge in [0.1, 0.15) is 6.79 Å². The molecule has 0 spiro atoms. The zero-order valence-corrected chi connectivity index (χ0v) is 29.0. The molecular weight excluding hydrogens is 572 g/mol. The first kappa shape index (κ1) is 36.4. The van der Waals surface area contributed by atoms with Crippen LogP contribution in [0.2, 0.25) is 5.04 Å². The molecule has 1 N–H and O–H groups in total. The molecule has 7 nitrogen and oxygen atoms in total. The van der Waals surface area contributed by atoms with Gasteiger partial charge < -0.3 is 28.5 Å². The third-order valence-corrected chi connectivity index (χ3v) is 13.9. The Bertz CT molecular complexity index is 1050. The zero-order chi connectivity index (χ0) is 32.2. The summed E-state index contributed by atoms with van der Waals surface area (Å²) in [5, 5.41) is 11.9. The number of carbonyl (C=O) groups is 1. The van der Waals surface area contributed by atoms with Crippen LogP contribution in [0.25, 0.3) is 0 Å². The van der Waals surface area contributed by atoms with Gasteiger partial charge in [0, 0.05) is 26.7 Å². The Hall–Kier alpha value is -2.07. The fourth-order valence-corrected chi connectivity index (χ4v) is 11.6. The topological polar surface area (TPSA) is 83.5 Å². The third kappa shape index (κ3) is 10.2. The van der Waals surface area contributed by atoms with Gasteiger partial charge in [0.2, 0.25) is 0 Å². The largest absolute Gasteiger partial charge is 0.481 e. The van der Waals surface area contributed by atoms with E-state index in [4.69, 9.17) is 23.4 Å². The summed E-state index contributed by atoms with van der Waals surface area (Å²) in [5.41, 5.74) is 0. The molecule has 3 rings (SSSR count). The molecule has 0 radical (unpaired) electrons. The molecule has 0 bridgehead atoms. The molecule has 0 saturated carbocycles. The van der Waals surface area contributed by atoms with Gasteiger partial charge in [-0.3, -0.25) is 4.79 Å². The fourth-order valence-electron chi connectivity index (χ4n) is 6.91. The van der Waals surface area contributed by atoms with Gasteiger partial charge in [-0.1, -0.05) is 102 Å². The van der Waals surface area contributed by atoms with Crippen LogP contribution in [0.15, 0.2) is 60.7 Å². The highest BCUT2D eigenvalue weighted by atomic mass is 28.4. The van der Waals surface area contributed by atoms with Crippen molar-refractivity contribution in [2.75, 3.05) is 21.0 Å². The van der Waals surface area contributed by atoms with Crippen molar-refractivity contribution in [3.05, 3.63) is 60.7 Å². The molecule has 44 heavy (non-hydrogen) atoms. The van der Waals surface area contributed by atoms with E-state index in [1.54, 1.807) is 14.2 Å². The highest BCUT2D eigenvalue weighted by Gasteiger charge is 2.51. The number of ether oxygens (including phenoxy) is 4. The standard InChI is InChI=1S/C36H56O7Si/c1-8-15-28(43-44(36(3,4)5,33-16-11-9-12-17-33)34-18-13-10-14-19-34)22-29(40-7)20-27(2)21-31-23-30(41-26-39-6)24-32(42-31)25-35(37)38/h9-14,16-19,27-32H,8,15,20-26H2,1-7H3,(H,37,38)/t27-,28-,29-,30+,31+,32+/m1/s1. The molecule has 1 aliphatic heterocycles. The monoisotopic (exact) mass is 628 g/mol. The summed E-state index contributed by atoms with van der Waals surface area (Å²) in [6.07, 6.45) is 5.34. The van der Waals surface area contributed by atoms with Gasteiger partial charge in [0.25, 0.3) is 8.32 Å². The molecule has 0 amide bonds. The molecule has 2 aromatic carbocycles. The van der Waals surface area contributed by atoms with Crippen molar-refractivity contribution in [2.24, 2.45) is 5.92 Å². The van der Waals surface area contributed by atoms with Crippen LogP contribution in [-0.2, 0) is 28.2 Å². The summed E-state index contributed by atoms with van der Waals surface area (Å²) in [4.78, 5) is 11.4. The second-order valence-electron chi connectivity index (χ2n) is 13.5. The SMILES string of the molecule is CCC[C@H](C[C@@H](C[C@@H](C)C[C@H]1C[C@H](OCOC)C[C@@H](CC(=O)O)O1)OC)O[Si](c1ccccc1)(c1ccccc1)C(C)(C)C. The number of rotatable bonds is 18. The first-order valence-electron chi connectivity index (χ1n) is 16.3. The summed E-state index contributed by atoms with van der Waals surface area (Å²) in [5.74, 6) is -0.539. The number of hydrogen-bond donors (Lipinski definition) is 1. The molecule has 1 saturated heterocycles. The van der Waals surface area contributed by atoms with Crippen LogP contribution < -0.4 is 10.4 Å². The molecule has 0 aromatic heterocycles. The normalized spacial score (nSPS) is 21.5. The van der Waals surface area contributed by atoms with E-state index in [1.807, 2.05) is 0 Å². The minimum Gasteiger partial charge on any atom is -0.481 e. The zero-order valence-electron chi connectivity index (χ0n) is 28.0. The van der Waals surface area contributed by atoms with E-state index in [0.29, 0.717) is 12.3 Å². The van der Waals surface area contributed by atoms with Gasteiger partial charge in [0.05, 0.1) is 30.8 Å². The van der Waals surface area contributed by atoms with Gasteiger partial charge in [-0.15, -0.1) is 0 Å². The van der Waals surface area contributed by atoms with E-state index >= 15 is 0 Å². The van der Waals surface area contributed by atoms with Gasteiger partial charge in [-0.25, -0.2) is 0 Å². The Balaban J connectivity index is 1.78. The maximum atomic E-state index is 11.4. The lowest BCUT2D eigenvalue weighted by Crippen LogP contribution is -2.67. The van der Waals surface area contributed by atoms with Gasteiger partial charge in [0.15, 0.2) is 0 Å². The summed E-state index contributed by atoms with van der Waals surface area (Å²) in [7, 11) is 0.710. The number of benzene rings is 2. The van der Waals surface area contributed by atoms with Crippen molar-refractivity contribution in [3.63, 3.8) is 0 Å². The first-order valence-corrected chi connectivity index (χ1v) is 18.2. The highest BCUT2D eigenvalue weighted by molar-refractivity contribution is 6.99. The Morgan fingerprint density at radius 1 is 0.955 bits per heavy atom. The van der Waals surface area contributed by atoms with Crippen molar-refractivity contribution in [3.8, 4) is 0 Å². The summed E-state index contributed by atoms with van der Waals surface area (Å²) < 4.78 is 30.9. The molecule has 246 valence electrons. The van der Waals surface area contributed by atoms with E-state index in [1.165, 1.54) is 10.4 Å². The lowest BCUT2D eigenvalue weighted by atomic mass is 9.89. The molecule has 6 atom stereocenters. The maximum Gasteiger partial charge on any atom is 0.305 e. The summed E-state index contributed by atoms with van der Waals surface area (Å²) in [6.45, 7) is 11.6. The van der Waals surface area contributed by atoms with E-state index in [2.05, 4.69) is 95.3 Å². The van der Waals surface area contributed by atoms with Crippen LogP contribution in [0.3, 0.4) is 0 Å². The van der Waals surface area contributed by atoms with E-state index in [0.717, 1.165) is 38.5 Å². The van der Waals surface area contributed by atoms with Crippen molar-refractivity contribution in [1.29, 1.82) is 0 Å². The molecule has 1 heterocycles. The average molecular weight is 629 g/mol. The Morgan fingerprint density at radius 2 is 1.55 bits per heavy atom. The molecular formula is C36H56O7Si. The predicted octanol–water partition coefficient (Wildman–Crippen LogP) is 6.56. The van der Waals surface area contributed by atoms with E-state index in [-0.39, 0.29) is 48.8 Å². The van der Waals surface area contributed by atoms with Crippen LogP contribution in [-0.4, -0.2) is 70.9 Å². The molecule has 8 heteroatoms. The van der Waals surface area contributed by atoms with Crippen molar-refractivity contribution in [2.45, 2.75) is 122 Å². The van der Waals surface area contributed by atoms with Crippen molar-refractivity contribution >= 4 is 24.7 Å². The van der Waals surface area contributed by atoms with Gasteiger partial charge in [-0.2, -0.15) is 0 Å². The molecule has 0 unspecified atom stereocenters. The number of carboxylic acid groups (broad SMARTS) is 1. The lowest BCUT2D eigenvalue weighted by molar-refractivity contribution is -0.162. The van der Waals surface area contributed by atoms with Crippen LogP contribution >= 0.6 is 0 Å². The smallest absolute Gasteiger partial charge is 0.305 e.